The van der Waals surface area contributed by atoms with Gasteiger partial charge in [-0.2, -0.15) is 0 Å². The first kappa shape index (κ1) is 8.69. The van der Waals surface area contributed by atoms with Crippen molar-refractivity contribution in [2.75, 3.05) is 0 Å². The molecule has 2 N–H and O–H groups in total. The van der Waals surface area contributed by atoms with Crippen LogP contribution < -0.4 is 5.73 Å². The molecule has 1 aliphatic rings. The zero-order valence-electron chi connectivity index (χ0n) is 8.20. The van der Waals surface area contributed by atoms with Crippen molar-refractivity contribution in [1.82, 2.24) is 14.8 Å². The third-order valence-corrected chi connectivity index (χ3v) is 2.65. The Morgan fingerprint density at radius 2 is 2.15 bits per heavy atom. The standard InChI is InChI=1S/C9H16N4/c1-6(2)8(10)9-12-11-7-4-3-5-13(7)9/h6,8H,3-5,10H2,1-2H3. The third kappa shape index (κ3) is 1.35. The Bertz CT molecular complexity index is 303. The van der Waals surface area contributed by atoms with Gasteiger partial charge in [0.1, 0.15) is 11.6 Å². The van der Waals surface area contributed by atoms with Gasteiger partial charge in [0.15, 0.2) is 0 Å². The summed E-state index contributed by atoms with van der Waals surface area (Å²) in [5, 5.41) is 8.28. The number of nitrogens with zero attached hydrogens (tertiary/aromatic N) is 3. The predicted molar refractivity (Wildman–Crippen MR) is 50.1 cm³/mol. The molecule has 1 unspecified atom stereocenters. The molecule has 72 valence electrons. The molecule has 0 fully saturated rings. The topological polar surface area (TPSA) is 56.7 Å². The molecule has 0 saturated carbocycles. The van der Waals surface area contributed by atoms with Crippen molar-refractivity contribution < 1.29 is 0 Å². The first-order valence-corrected chi connectivity index (χ1v) is 4.87. The monoisotopic (exact) mass is 180 g/mol. The summed E-state index contributed by atoms with van der Waals surface area (Å²) in [4.78, 5) is 0. The van der Waals surface area contributed by atoms with Crippen LogP contribution in [0.25, 0.3) is 0 Å². The van der Waals surface area contributed by atoms with Gasteiger partial charge in [-0.05, 0) is 12.3 Å². The summed E-state index contributed by atoms with van der Waals surface area (Å²) in [6.45, 7) is 5.26. The fraction of sp³-hybridized carbons (Fsp3) is 0.778. The van der Waals surface area contributed by atoms with Crippen LogP contribution in [0.5, 0.6) is 0 Å². The van der Waals surface area contributed by atoms with Crippen LogP contribution in [0.3, 0.4) is 0 Å². The molecule has 4 nitrogen and oxygen atoms in total. The number of aryl methyl sites for hydroxylation is 1. The molecule has 2 rings (SSSR count). The highest BCUT2D eigenvalue weighted by Gasteiger charge is 2.22. The smallest absolute Gasteiger partial charge is 0.150 e. The lowest BCUT2D eigenvalue weighted by Gasteiger charge is -2.14. The van der Waals surface area contributed by atoms with Crippen molar-refractivity contribution >= 4 is 0 Å². The van der Waals surface area contributed by atoms with E-state index < -0.39 is 0 Å². The number of aromatic nitrogens is 3. The number of nitrogens with two attached hydrogens (primary N) is 1. The molecule has 13 heavy (non-hydrogen) atoms. The van der Waals surface area contributed by atoms with Gasteiger partial charge in [-0.3, -0.25) is 0 Å². The number of hydrogen-bond acceptors (Lipinski definition) is 3. The van der Waals surface area contributed by atoms with Gasteiger partial charge in [0.2, 0.25) is 0 Å². The fourth-order valence-electron chi connectivity index (χ4n) is 1.72. The lowest BCUT2D eigenvalue weighted by atomic mass is 10.1. The van der Waals surface area contributed by atoms with Crippen LogP contribution in [0.2, 0.25) is 0 Å². The molecule has 4 heteroatoms. The molecule has 1 aromatic rings. The molecule has 0 aromatic carbocycles. The molecule has 1 atom stereocenters. The maximum absolute atomic E-state index is 6.03. The van der Waals surface area contributed by atoms with Crippen molar-refractivity contribution in [3.63, 3.8) is 0 Å². The molecule has 1 aliphatic heterocycles. The zero-order valence-corrected chi connectivity index (χ0v) is 8.20. The molecule has 1 aromatic heterocycles. The average molecular weight is 180 g/mol. The molecule has 0 saturated heterocycles. The molecule has 0 aliphatic carbocycles. The van der Waals surface area contributed by atoms with E-state index in [9.17, 15) is 0 Å². The van der Waals surface area contributed by atoms with E-state index >= 15 is 0 Å². The van der Waals surface area contributed by atoms with Gasteiger partial charge in [0.25, 0.3) is 0 Å². The van der Waals surface area contributed by atoms with E-state index in [1.807, 2.05) is 0 Å². The van der Waals surface area contributed by atoms with Crippen LogP contribution in [-0.4, -0.2) is 14.8 Å². The summed E-state index contributed by atoms with van der Waals surface area (Å²) in [6.07, 6.45) is 2.24. The quantitative estimate of drug-likeness (QED) is 0.735. The third-order valence-electron chi connectivity index (χ3n) is 2.65. The number of fused-ring (bicyclic) bond motifs is 1. The Morgan fingerprint density at radius 1 is 1.38 bits per heavy atom. The van der Waals surface area contributed by atoms with Gasteiger partial charge in [-0.25, -0.2) is 0 Å². The van der Waals surface area contributed by atoms with Gasteiger partial charge in [-0.15, -0.1) is 10.2 Å². The van der Waals surface area contributed by atoms with Crippen LogP contribution in [-0.2, 0) is 13.0 Å². The lowest BCUT2D eigenvalue weighted by Crippen LogP contribution is -2.21. The largest absolute Gasteiger partial charge is 0.321 e. The molecule has 0 bridgehead atoms. The summed E-state index contributed by atoms with van der Waals surface area (Å²) < 4.78 is 2.17. The number of rotatable bonds is 2. The van der Waals surface area contributed by atoms with E-state index in [2.05, 4.69) is 28.6 Å². The van der Waals surface area contributed by atoms with Gasteiger partial charge in [0, 0.05) is 13.0 Å². The summed E-state index contributed by atoms with van der Waals surface area (Å²) in [5.74, 6) is 2.49. The van der Waals surface area contributed by atoms with Gasteiger partial charge in [-0.1, -0.05) is 13.8 Å². The Morgan fingerprint density at radius 3 is 2.85 bits per heavy atom. The van der Waals surface area contributed by atoms with E-state index in [1.54, 1.807) is 0 Å². The first-order chi connectivity index (χ1) is 6.20. The summed E-state index contributed by atoms with van der Waals surface area (Å²) in [5.41, 5.74) is 6.03. The SMILES string of the molecule is CC(C)C(N)c1nnc2n1CCC2. The van der Waals surface area contributed by atoms with E-state index in [0.717, 1.165) is 24.6 Å². The minimum absolute atomic E-state index is 0.0272. The second-order valence-electron chi connectivity index (χ2n) is 4.00. The van der Waals surface area contributed by atoms with Crippen LogP contribution in [0.15, 0.2) is 0 Å². The van der Waals surface area contributed by atoms with E-state index in [0.29, 0.717) is 5.92 Å². The summed E-state index contributed by atoms with van der Waals surface area (Å²) in [6, 6.07) is 0.0272. The van der Waals surface area contributed by atoms with Gasteiger partial charge < -0.3 is 10.3 Å². The Labute approximate surface area is 78.1 Å². The Kier molecular flexibility index (Phi) is 2.07. The van der Waals surface area contributed by atoms with Crippen molar-refractivity contribution in [1.29, 1.82) is 0 Å². The van der Waals surface area contributed by atoms with E-state index in [4.69, 9.17) is 5.73 Å². The molecule has 2 heterocycles. The van der Waals surface area contributed by atoms with E-state index in [1.165, 1.54) is 6.42 Å². The second-order valence-corrected chi connectivity index (χ2v) is 4.00. The van der Waals surface area contributed by atoms with Gasteiger partial charge >= 0.3 is 0 Å². The zero-order chi connectivity index (χ0) is 9.42. The van der Waals surface area contributed by atoms with Crippen molar-refractivity contribution in [3.8, 4) is 0 Å². The minimum Gasteiger partial charge on any atom is -0.321 e. The van der Waals surface area contributed by atoms with Crippen molar-refractivity contribution in [2.45, 2.75) is 39.3 Å². The normalized spacial score (nSPS) is 17.8. The highest BCUT2D eigenvalue weighted by atomic mass is 15.3. The molecule has 0 radical (unpaired) electrons. The highest BCUT2D eigenvalue weighted by molar-refractivity contribution is 5.04. The van der Waals surface area contributed by atoms with Crippen LogP contribution in [0, 0.1) is 5.92 Å². The summed E-state index contributed by atoms with van der Waals surface area (Å²) in [7, 11) is 0. The van der Waals surface area contributed by atoms with Crippen LogP contribution >= 0.6 is 0 Å². The van der Waals surface area contributed by atoms with Crippen molar-refractivity contribution in [3.05, 3.63) is 11.6 Å². The van der Waals surface area contributed by atoms with Crippen LogP contribution in [0.1, 0.15) is 38.0 Å². The fourth-order valence-corrected chi connectivity index (χ4v) is 1.72. The highest BCUT2D eigenvalue weighted by Crippen LogP contribution is 2.21. The number of hydrogen-bond donors (Lipinski definition) is 1. The maximum atomic E-state index is 6.03. The molecule has 0 amide bonds. The van der Waals surface area contributed by atoms with Gasteiger partial charge in [0.05, 0.1) is 6.04 Å². The van der Waals surface area contributed by atoms with E-state index in [-0.39, 0.29) is 6.04 Å². The van der Waals surface area contributed by atoms with Crippen LogP contribution in [0.4, 0.5) is 0 Å². The molecular formula is C9H16N4. The Balaban J connectivity index is 2.30. The predicted octanol–water partition coefficient (Wildman–Crippen LogP) is 0.880. The lowest BCUT2D eigenvalue weighted by molar-refractivity contribution is 0.468. The first-order valence-electron chi connectivity index (χ1n) is 4.87. The molecular weight excluding hydrogens is 164 g/mol. The Hall–Kier alpha value is -0.900. The summed E-state index contributed by atoms with van der Waals surface area (Å²) >= 11 is 0. The minimum atomic E-state index is 0.0272. The second kappa shape index (κ2) is 3.10. The average Bonchev–Trinajstić information content (AvgIpc) is 2.61. The maximum Gasteiger partial charge on any atom is 0.150 e. The molecule has 0 spiro atoms. The van der Waals surface area contributed by atoms with Crippen molar-refractivity contribution in [2.24, 2.45) is 11.7 Å².